The van der Waals surface area contributed by atoms with Gasteiger partial charge in [0.1, 0.15) is 0 Å². The number of aryl methyl sites for hydroxylation is 2. The van der Waals surface area contributed by atoms with Crippen LogP contribution in [0.1, 0.15) is 55.8 Å². The van der Waals surface area contributed by atoms with E-state index in [1.165, 1.54) is 10.6 Å². The highest BCUT2D eigenvalue weighted by Gasteiger charge is 2.19. The van der Waals surface area contributed by atoms with Crippen LogP contribution in [0.15, 0.2) is 48.5 Å². The number of carbonyl (C=O) groups excluding carboxylic acids is 1. The lowest BCUT2D eigenvalue weighted by Gasteiger charge is -2.24. The fourth-order valence-corrected chi connectivity index (χ4v) is 4.41. The van der Waals surface area contributed by atoms with Crippen LogP contribution in [0.2, 0.25) is 0 Å². The van der Waals surface area contributed by atoms with E-state index >= 15 is 0 Å². The topological polar surface area (TPSA) is 66.5 Å². The standard InChI is InChI=1S/C24H34N2O3S/c1-18(2)16-23(21-10-7-6-8-11-21)25-24(27)12-9-15-26(30(5,28)29)22-14-13-19(3)20(4)17-22/h6-8,10-11,13-14,17-18,23H,9,12,15-16H2,1-5H3,(H,25,27)/t23-/m1/s1. The molecule has 2 rings (SSSR count). The second-order valence-electron chi connectivity index (χ2n) is 8.37. The zero-order valence-corrected chi connectivity index (χ0v) is 19.5. The van der Waals surface area contributed by atoms with Crippen molar-refractivity contribution in [2.24, 2.45) is 5.92 Å². The van der Waals surface area contributed by atoms with Gasteiger partial charge >= 0.3 is 0 Å². The van der Waals surface area contributed by atoms with Gasteiger partial charge in [0.25, 0.3) is 0 Å². The molecule has 0 spiro atoms. The molecule has 6 heteroatoms. The molecule has 1 N–H and O–H groups in total. The number of sulfonamides is 1. The molecule has 0 unspecified atom stereocenters. The van der Waals surface area contributed by atoms with Gasteiger partial charge in [-0.05, 0) is 61.4 Å². The second-order valence-corrected chi connectivity index (χ2v) is 10.3. The molecule has 5 nitrogen and oxygen atoms in total. The van der Waals surface area contributed by atoms with Crippen LogP contribution in [0, 0.1) is 19.8 Å². The van der Waals surface area contributed by atoms with E-state index in [1.807, 2.05) is 62.4 Å². The monoisotopic (exact) mass is 430 g/mol. The quantitative estimate of drug-likeness (QED) is 0.591. The Bertz CT molecular complexity index is 940. The molecule has 0 heterocycles. The molecule has 164 valence electrons. The second kappa shape index (κ2) is 10.6. The van der Waals surface area contributed by atoms with Gasteiger partial charge in [-0.1, -0.05) is 50.2 Å². The maximum Gasteiger partial charge on any atom is 0.232 e. The van der Waals surface area contributed by atoms with Crippen LogP contribution < -0.4 is 9.62 Å². The number of nitrogens with zero attached hydrogens (tertiary/aromatic N) is 1. The van der Waals surface area contributed by atoms with Crippen molar-refractivity contribution >= 4 is 21.6 Å². The summed E-state index contributed by atoms with van der Waals surface area (Å²) < 4.78 is 26.0. The van der Waals surface area contributed by atoms with Gasteiger partial charge in [-0.25, -0.2) is 8.42 Å². The van der Waals surface area contributed by atoms with E-state index in [0.29, 0.717) is 18.0 Å². The van der Waals surface area contributed by atoms with Gasteiger partial charge in [0, 0.05) is 13.0 Å². The number of benzene rings is 2. The van der Waals surface area contributed by atoms with E-state index in [-0.39, 0.29) is 24.9 Å². The van der Waals surface area contributed by atoms with Crippen molar-refractivity contribution in [2.45, 2.75) is 53.0 Å². The average molecular weight is 431 g/mol. The Morgan fingerprint density at radius 1 is 1.03 bits per heavy atom. The molecule has 30 heavy (non-hydrogen) atoms. The van der Waals surface area contributed by atoms with Gasteiger partial charge in [0.2, 0.25) is 15.9 Å². The third-order valence-electron chi connectivity index (χ3n) is 5.19. The molecular weight excluding hydrogens is 396 g/mol. The first-order valence-electron chi connectivity index (χ1n) is 10.5. The Balaban J connectivity index is 2.01. The van der Waals surface area contributed by atoms with Crippen molar-refractivity contribution in [3.63, 3.8) is 0 Å². The minimum atomic E-state index is -3.43. The van der Waals surface area contributed by atoms with Gasteiger partial charge in [0.05, 0.1) is 18.0 Å². The molecule has 1 atom stereocenters. The first-order valence-corrected chi connectivity index (χ1v) is 12.3. The third kappa shape index (κ3) is 7.17. The molecule has 0 bridgehead atoms. The largest absolute Gasteiger partial charge is 0.349 e. The van der Waals surface area contributed by atoms with Gasteiger partial charge in [-0.15, -0.1) is 0 Å². The van der Waals surface area contributed by atoms with Crippen LogP contribution in [0.3, 0.4) is 0 Å². The van der Waals surface area contributed by atoms with Gasteiger partial charge in [-0.3, -0.25) is 9.10 Å². The van der Waals surface area contributed by atoms with Crippen LogP contribution in [0.4, 0.5) is 5.69 Å². The summed E-state index contributed by atoms with van der Waals surface area (Å²) in [7, 11) is -3.43. The Morgan fingerprint density at radius 2 is 1.70 bits per heavy atom. The van der Waals surface area contributed by atoms with Gasteiger partial charge in [-0.2, -0.15) is 0 Å². The minimum Gasteiger partial charge on any atom is -0.349 e. The Morgan fingerprint density at radius 3 is 2.27 bits per heavy atom. The predicted molar refractivity (Wildman–Crippen MR) is 124 cm³/mol. The summed E-state index contributed by atoms with van der Waals surface area (Å²) in [6.45, 7) is 8.50. The molecule has 0 aliphatic heterocycles. The average Bonchev–Trinajstić information content (AvgIpc) is 2.66. The highest BCUT2D eigenvalue weighted by Crippen LogP contribution is 2.23. The third-order valence-corrected chi connectivity index (χ3v) is 6.38. The highest BCUT2D eigenvalue weighted by atomic mass is 32.2. The lowest BCUT2D eigenvalue weighted by Crippen LogP contribution is -2.33. The summed E-state index contributed by atoms with van der Waals surface area (Å²) in [6.07, 6.45) is 2.79. The summed E-state index contributed by atoms with van der Waals surface area (Å²) in [4.78, 5) is 12.6. The summed E-state index contributed by atoms with van der Waals surface area (Å²) >= 11 is 0. The lowest BCUT2D eigenvalue weighted by atomic mass is 9.97. The van der Waals surface area contributed by atoms with E-state index in [2.05, 4.69) is 19.2 Å². The number of nitrogens with one attached hydrogen (secondary N) is 1. The number of anilines is 1. The molecule has 1 amide bonds. The fraction of sp³-hybridized carbons (Fsp3) is 0.458. The molecule has 2 aromatic carbocycles. The summed E-state index contributed by atoms with van der Waals surface area (Å²) in [5, 5.41) is 3.13. The van der Waals surface area contributed by atoms with E-state index in [0.717, 1.165) is 23.1 Å². The molecule has 2 aromatic rings. The van der Waals surface area contributed by atoms with Crippen molar-refractivity contribution < 1.29 is 13.2 Å². The van der Waals surface area contributed by atoms with Crippen molar-refractivity contribution in [3.05, 3.63) is 65.2 Å². The zero-order chi connectivity index (χ0) is 22.3. The molecule has 0 aliphatic carbocycles. The number of rotatable bonds is 10. The predicted octanol–water partition coefficient (Wildman–Crippen LogP) is 4.75. The molecule has 0 aromatic heterocycles. The first kappa shape index (κ1) is 23.9. The van der Waals surface area contributed by atoms with Gasteiger partial charge in [0.15, 0.2) is 0 Å². The first-order chi connectivity index (χ1) is 14.1. The minimum absolute atomic E-state index is 0.0375. The highest BCUT2D eigenvalue weighted by molar-refractivity contribution is 7.92. The number of amides is 1. The molecule has 0 aliphatic rings. The van der Waals surface area contributed by atoms with Crippen LogP contribution >= 0.6 is 0 Å². The van der Waals surface area contributed by atoms with E-state index < -0.39 is 10.0 Å². The molecule has 0 radical (unpaired) electrons. The zero-order valence-electron chi connectivity index (χ0n) is 18.7. The number of hydrogen-bond acceptors (Lipinski definition) is 3. The summed E-state index contributed by atoms with van der Waals surface area (Å²) in [6, 6.07) is 15.5. The molecular formula is C24H34N2O3S. The van der Waals surface area contributed by atoms with Crippen molar-refractivity contribution in [1.29, 1.82) is 0 Å². The maximum absolute atomic E-state index is 12.6. The molecule has 0 saturated carbocycles. The smallest absolute Gasteiger partial charge is 0.232 e. The SMILES string of the molecule is Cc1ccc(N(CCCC(=O)N[C@H](CC(C)C)c2ccccc2)S(C)(=O)=O)cc1C. The molecule has 0 saturated heterocycles. The summed E-state index contributed by atoms with van der Waals surface area (Å²) in [5.41, 5.74) is 3.89. The lowest BCUT2D eigenvalue weighted by molar-refractivity contribution is -0.122. The van der Waals surface area contributed by atoms with Crippen molar-refractivity contribution in [3.8, 4) is 0 Å². The van der Waals surface area contributed by atoms with E-state index in [4.69, 9.17) is 0 Å². The molecule has 0 fully saturated rings. The van der Waals surface area contributed by atoms with Gasteiger partial charge < -0.3 is 5.32 Å². The summed E-state index contributed by atoms with van der Waals surface area (Å²) in [5.74, 6) is 0.388. The Hall–Kier alpha value is -2.34. The van der Waals surface area contributed by atoms with E-state index in [9.17, 15) is 13.2 Å². The van der Waals surface area contributed by atoms with Crippen molar-refractivity contribution in [1.82, 2.24) is 5.32 Å². The number of hydrogen-bond donors (Lipinski definition) is 1. The Labute approximate surface area is 181 Å². The maximum atomic E-state index is 12.6. The fourth-order valence-electron chi connectivity index (χ4n) is 3.45. The van der Waals surface area contributed by atoms with Crippen molar-refractivity contribution in [2.75, 3.05) is 17.1 Å². The normalized spacial score (nSPS) is 12.6. The van der Waals surface area contributed by atoms with E-state index in [1.54, 1.807) is 0 Å². The van der Waals surface area contributed by atoms with Crippen LogP contribution in [-0.2, 0) is 14.8 Å². The van der Waals surface area contributed by atoms with Crippen LogP contribution in [0.5, 0.6) is 0 Å². The van der Waals surface area contributed by atoms with Crippen LogP contribution in [0.25, 0.3) is 0 Å². The van der Waals surface area contributed by atoms with Crippen LogP contribution in [-0.4, -0.2) is 27.1 Å². The number of carbonyl (C=O) groups is 1. The Kier molecular flexibility index (Phi) is 8.47.